The molecule has 5 aromatic carbocycles. The highest BCUT2D eigenvalue weighted by Crippen LogP contribution is 2.29. The summed E-state index contributed by atoms with van der Waals surface area (Å²) in [7, 11) is -3.98. The highest BCUT2D eigenvalue weighted by molar-refractivity contribution is 7.92. The summed E-state index contributed by atoms with van der Waals surface area (Å²) in [6.07, 6.45) is 1.59. The first kappa shape index (κ1) is 24.9. The summed E-state index contributed by atoms with van der Waals surface area (Å²) >= 11 is 0. The third kappa shape index (κ3) is 5.33. The maximum atomic E-state index is 13.8. The van der Waals surface area contributed by atoms with Gasteiger partial charge in [-0.15, -0.1) is 0 Å². The van der Waals surface area contributed by atoms with Crippen LogP contribution < -0.4 is 9.73 Å². The number of nitrogens with zero attached hydrogens (tertiary/aromatic N) is 2. The molecule has 0 fully saturated rings. The average molecular weight is 520 g/mol. The average Bonchev–Trinajstić information content (AvgIpc) is 2.97. The number of fused-ring (bicyclic) bond motifs is 1. The number of carbonyl (C=O) groups excluding carboxylic acids is 1. The van der Waals surface area contributed by atoms with Gasteiger partial charge < -0.3 is 0 Å². The Morgan fingerprint density at radius 2 is 1.37 bits per heavy atom. The first-order valence-electron chi connectivity index (χ1n) is 12.1. The number of hydrogen-bond acceptors (Lipinski definition) is 4. The standard InChI is InChI=1S/C31H25N3O3S/c35-31(33-32-22-26-16-11-15-25-14-7-8-19-28(25)26)29-20-9-10-21-30(29)34(23-24-12-3-1-4-13-24)38(36,37)27-17-5-2-6-18-27/h1-22H,23H2,(H,33,35)/b32-22+. The third-order valence-electron chi connectivity index (χ3n) is 6.11. The van der Waals surface area contributed by atoms with E-state index in [1.54, 1.807) is 60.8 Å². The maximum absolute atomic E-state index is 13.8. The van der Waals surface area contributed by atoms with E-state index in [1.165, 1.54) is 4.31 Å². The topological polar surface area (TPSA) is 78.8 Å². The van der Waals surface area contributed by atoms with Crippen molar-refractivity contribution in [2.24, 2.45) is 5.10 Å². The van der Waals surface area contributed by atoms with E-state index in [-0.39, 0.29) is 22.7 Å². The van der Waals surface area contributed by atoms with Gasteiger partial charge in [-0.05, 0) is 40.6 Å². The molecule has 0 atom stereocenters. The molecule has 5 rings (SSSR count). The molecule has 0 heterocycles. The zero-order chi connectivity index (χ0) is 26.4. The molecule has 6 nitrogen and oxygen atoms in total. The summed E-state index contributed by atoms with van der Waals surface area (Å²) < 4.78 is 28.9. The van der Waals surface area contributed by atoms with Crippen molar-refractivity contribution in [3.8, 4) is 0 Å². The molecule has 0 aliphatic carbocycles. The van der Waals surface area contributed by atoms with Gasteiger partial charge in [-0.3, -0.25) is 9.10 Å². The number of amides is 1. The Morgan fingerprint density at radius 1 is 0.737 bits per heavy atom. The SMILES string of the molecule is O=C(N/N=C/c1cccc2ccccc12)c1ccccc1N(Cc1ccccc1)S(=O)(=O)c1ccccc1. The third-order valence-corrected chi connectivity index (χ3v) is 7.88. The van der Waals surface area contributed by atoms with Crippen LogP contribution >= 0.6 is 0 Å². The lowest BCUT2D eigenvalue weighted by molar-refractivity contribution is 0.0955. The van der Waals surface area contributed by atoms with E-state index in [1.807, 2.05) is 72.8 Å². The lowest BCUT2D eigenvalue weighted by atomic mass is 10.1. The van der Waals surface area contributed by atoms with Gasteiger partial charge in [0.2, 0.25) is 0 Å². The van der Waals surface area contributed by atoms with Gasteiger partial charge in [0.05, 0.1) is 28.9 Å². The van der Waals surface area contributed by atoms with Crippen molar-refractivity contribution in [1.82, 2.24) is 5.43 Å². The summed E-state index contributed by atoms with van der Waals surface area (Å²) in [5.41, 5.74) is 4.67. The monoisotopic (exact) mass is 519 g/mol. The lowest BCUT2D eigenvalue weighted by Gasteiger charge is -2.26. The van der Waals surface area contributed by atoms with Crippen molar-refractivity contribution < 1.29 is 13.2 Å². The van der Waals surface area contributed by atoms with Gasteiger partial charge in [0.25, 0.3) is 15.9 Å². The molecular weight excluding hydrogens is 494 g/mol. The number of carbonyl (C=O) groups is 1. The molecule has 0 saturated heterocycles. The van der Waals surface area contributed by atoms with Crippen LogP contribution in [-0.4, -0.2) is 20.5 Å². The first-order chi connectivity index (χ1) is 18.5. The predicted octanol–water partition coefficient (Wildman–Crippen LogP) is 6.00. The number of anilines is 1. The molecule has 0 aliphatic heterocycles. The Kier molecular flexibility index (Phi) is 7.28. The van der Waals surface area contributed by atoms with Crippen LogP contribution in [0.1, 0.15) is 21.5 Å². The van der Waals surface area contributed by atoms with Gasteiger partial charge in [-0.1, -0.05) is 103 Å². The van der Waals surface area contributed by atoms with Crippen LogP contribution in [0.25, 0.3) is 10.8 Å². The number of sulfonamides is 1. The second kappa shape index (κ2) is 11.1. The molecule has 0 aliphatic rings. The Labute approximate surface area is 221 Å². The quantitative estimate of drug-likeness (QED) is 0.202. The normalized spacial score (nSPS) is 11.5. The Hall–Kier alpha value is -4.75. The molecule has 0 saturated carbocycles. The second-order valence-corrected chi connectivity index (χ2v) is 10.5. The minimum Gasteiger partial charge on any atom is -0.267 e. The smallest absolute Gasteiger partial charge is 0.267 e. The Morgan fingerprint density at radius 3 is 2.16 bits per heavy atom. The Bertz CT molecular complexity index is 1700. The highest BCUT2D eigenvalue weighted by atomic mass is 32.2. The van der Waals surface area contributed by atoms with Crippen LogP contribution in [-0.2, 0) is 16.6 Å². The van der Waals surface area contributed by atoms with Crippen molar-refractivity contribution in [1.29, 1.82) is 0 Å². The van der Waals surface area contributed by atoms with Crippen molar-refractivity contribution >= 4 is 38.6 Å². The molecule has 0 unspecified atom stereocenters. The van der Waals surface area contributed by atoms with E-state index in [9.17, 15) is 13.2 Å². The van der Waals surface area contributed by atoms with Crippen LogP contribution in [0.4, 0.5) is 5.69 Å². The summed E-state index contributed by atoms with van der Waals surface area (Å²) in [6, 6.07) is 37.9. The highest BCUT2D eigenvalue weighted by Gasteiger charge is 2.28. The van der Waals surface area contributed by atoms with Crippen molar-refractivity contribution in [3.63, 3.8) is 0 Å². The van der Waals surface area contributed by atoms with Crippen LogP contribution in [0.15, 0.2) is 137 Å². The molecule has 38 heavy (non-hydrogen) atoms. The Balaban J connectivity index is 1.49. The van der Waals surface area contributed by atoms with E-state index in [0.29, 0.717) is 0 Å². The van der Waals surface area contributed by atoms with Gasteiger partial charge >= 0.3 is 0 Å². The molecule has 1 amide bonds. The van der Waals surface area contributed by atoms with Gasteiger partial charge in [0, 0.05) is 5.56 Å². The molecule has 0 aromatic heterocycles. The molecule has 0 spiro atoms. The lowest BCUT2D eigenvalue weighted by Crippen LogP contribution is -2.33. The van der Waals surface area contributed by atoms with Crippen LogP contribution in [0, 0.1) is 0 Å². The molecule has 188 valence electrons. The summed E-state index contributed by atoms with van der Waals surface area (Å²) in [4.78, 5) is 13.4. The molecular formula is C31H25N3O3S. The van der Waals surface area contributed by atoms with E-state index in [2.05, 4.69) is 10.5 Å². The minimum atomic E-state index is -3.98. The zero-order valence-electron chi connectivity index (χ0n) is 20.4. The molecule has 0 bridgehead atoms. The first-order valence-corrected chi connectivity index (χ1v) is 13.5. The fourth-order valence-electron chi connectivity index (χ4n) is 4.24. The minimum absolute atomic E-state index is 0.0572. The summed E-state index contributed by atoms with van der Waals surface area (Å²) in [5.74, 6) is -0.515. The zero-order valence-corrected chi connectivity index (χ0v) is 21.3. The number of hydrogen-bond donors (Lipinski definition) is 1. The fraction of sp³-hybridized carbons (Fsp3) is 0.0323. The predicted molar refractivity (Wildman–Crippen MR) is 152 cm³/mol. The van der Waals surface area contributed by atoms with Gasteiger partial charge in [-0.2, -0.15) is 5.10 Å². The van der Waals surface area contributed by atoms with E-state index in [4.69, 9.17) is 0 Å². The molecule has 5 aromatic rings. The van der Waals surface area contributed by atoms with Crippen molar-refractivity contribution in [3.05, 3.63) is 144 Å². The number of para-hydroxylation sites is 1. The van der Waals surface area contributed by atoms with Crippen LogP contribution in [0.3, 0.4) is 0 Å². The van der Waals surface area contributed by atoms with Crippen molar-refractivity contribution in [2.45, 2.75) is 11.4 Å². The van der Waals surface area contributed by atoms with Crippen LogP contribution in [0.5, 0.6) is 0 Å². The number of rotatable bonds is 8. The molecule has 1 N–H and O–H groups in total. The summed E-state index contributed by atoms with van der Waals surface area (Å²) in [5, 5.41) is 6.26. The largest absolute Gasteiger partial charge is 0.273 e. The maximum Gasteiger partial charge on any atom is 0.273 e. The van der Waals surface area contributed by atoms with E-state index >= 15 is 0 Å². The second-order valence-electron chi connectivity index (χ2n) is 8.59. The number of benzene rings is 5. The molecule has 7 heteroatoms. The van der Waals surface area contributed by atoms with Crippen LogP contribution in [0.2, 0.25) is 0 Å². The number of hydrazone groups is 1. The van der Waals surface area contributed by atoms with E-state index < -0.39 is 15.9 Å². The van der Waals surface area contributed by atoms with Gasteiger partial charge in [-0.25, -0.2) is 13.8 Å². The van der Waals surface area contributed by atoms with Crippen molar-refractivity contribution in [2.75, 3.05) is 4.31 Å². The summed E-state index contributed by atoms with van der Waals surface area (Å²) in [6.45, 7) is 0.0572. The van der Waals surface area contributed by atoms with E-state index in [0.717, 1.165) is 21.9 Å². The fourth-order valence-corrected chi connectivity index (χ4v) is 5.73. The molecule has 0 radical (unpaired) electrons. The van der Waals surface area contributed by atoms with Gasteiger partial charge in [0.1, 0.15) is 0 Å². The number of nitrogens with one attached hydrogen (secondary N) is 1. The van der Waals surface area contributed by atoms with Gasteiger partial charge in [0.15, 0.2) is 0 Å².